The molecule has 0 fully saturated rings. The summed E-state index contributed by atoms with van der Waals surface area (Å²) < 4.78 is 13.7. The van der Waals surface area contributed by atoms with Crippen molar-refractivity contribution in [3.63, 3.8) is 0 Å². The molecule has 0 aliphatic heterocycles. The second-order valence-electron chi connectivity index (χ2n) is 4.56. The smallest absolute Gasteiger partial charge is 0.128 e. The van der Waals surface area contributed by atoms with E-state index in [2.05, 4.69) is 0 Å². The summed E-state index contributed by atoms with van der Waals surface area (Å²) in [6.45, 7) is 1.86. The van der Waals surface area contributed by atoms with E-state index in [-0.39, 0.29) is 5.82 Å². The van der Waals surface area contributed by atoms with Crippen molar-refractivity contribution in [2.45, 2.75) is 18.9 Å². The Labute approximate surface area is 101 Å². The maximum absolute atomic E-state index is 13.7. The zero-order valence-electron chi connectivity index (χ0n) is 9.86. The van der Waals surface area contributed by atoms with E-state index in [1.165, 1.54) is 6.07 Å². The van der Waals surface area contributed by atoms with E-state index in [1.807, 2.05) is 43.3 Å². The molecule has 0 aliphatic rings. The zero-order chi connectivity index (χ0) is 12.3. The van der Waals surface area contributed by atoms with Crippen molar-refractivity contribution < 1.29 is 4.39 Å². The first-order valence-corrected chi connectivity index (χ1v) is 5.67. The molecule has 0 spiro atoms. The van der Waals surface area contributed by atoms with Gasteiger partial charge in [-0.2, -0.15) is 0 Å². The summed E-state index contributed by atoms with van der Waals surface area (Å²) in [6, 6.07) is 16.6. The molecule has 0 saturated carbocycles. The Hall–Kier alpha value is -1.67. The van der Waals surface area contributed by atoms with E-state index in [0.717, 1.165) is 5.56 Å². The summed E-state index contributed by atoms with van der Waals surface area (Å²) in [4.78, 5) is 0. The van der Waals surface area contributed by atoms with Crippen LogP contribution in [0.5, 0.6) is 0 Å². The molecular weight excluding hydrogens is 213 g/mol. The summed E-state index contributed by atoms with van der Waals surface area (Å²) in [7, 11) is 0. The number of halogens is 1. The molecule has 2 rings (SSSR count). The van der Waals surface area contributed by atoms with Gasteiger partial charge >= 0.3 is 0 Å². The number of hydrogen-bond acceptors (Lipinski definition) is 1. The predicted octanol–water partition coefficient (Wildman–Crippen LogP) is 3.24. The molecule has 0 aliphatic carbocycles. The van der Waals surface area contributed by atoms with Gasteiger partial charge in [-0.1, -0.05) is 48.5 Å². The average molecular weight is 229 g/mol. The first-order valence-electron chi connectivity index (χ1n) is 5.67. The van der Waals surface area contributed by atoms with Gasteiger partial charge in [0.15, 0.2) is 0 Å². The maximum Gasteiger partial charge on any atom is 0.128 e. The van der Waals surface area contributed by atoms with Crippen molar-refractivity contribution in [2.75, 3.05) is 0 Å². The van der Waals surface area contributed by atoms with Gasteiger partial charge in [-0.25, -0.2) is 4.39 Å². The predicted molar refractivity (Wildman–Crippen MR) is 68.1 cm³/mol. The molecule has 17 heavy (non-hydrogen) atoms. The highest BCUT2D eigenvalue weighted by Gasteiger charge is 2.24. The van der Waals surface area contributed by atoms with Crippen LogP contribution in [0.2, 0.25) is 0 Å². The lowest BCUT2D eigenvalue weighted by molar-refractivity contribution is 0.457. The molecule has 0 amide bonds. The zero-order valence-corrected chi connectivity index (χ0v) is 9.86. The summed E-state index contributed by atoms with van der Waals surface area (Å²) in [5.74, 6) is -0.242. The molecule has 2 heteroatoms. The molecular formula is C15H16FN. The highest BCUT2D eigenvalue weighted by atomic mass is 19.1. The monoisotopic (exact) mass is 229 g/mol. The van der Waals surface area contributed by atoms with E-state index < -0.39 is 5.54 Å². The summed E-state index contributed by atoms with van der Waals surface area (Å²) in [5, 5.41) is 0. The van der Waals surface area contributed by atoms with Gasteiger partial charge in [0.25, 0.3) is 0 Å². The molecule has 0 radical (unpaired) electrons. The second kappa shape index (κ2) is 4.68. The van der Waals surface area contributed by atoms with Gasteiger partial charge in [0.2, 0.25) is 0 Å². The lowest BCUT2D eigenvalue weighted by atomic mass is 9.86. The Bertz CT molecular complexity index is 491. The van der Waals surface area contributed by atoms with Crippen LogP contribution in [-0.2, 0) is 12.0 Å². The molecule has 1 nitrogen and oxygen atoms in total. The van der Waals surface area contributed by atoms with E-state index >= 15 is 0 Å². The minimum absolute atomic E-state index is 0.242. The number of benzene rings is 2. The van der Waals surface area contributed by atoms with Gasteiger partial charge in [0.1, 0.15) is 5.82 Å². The molecule has 0 aromatic heterocycles. The molecule has 1 atom stereocenters. The van der Waals surface area contributed by atoms with E-state index in [0.29, 0.717) is 12.0 Å². The minimum atomic E-state index is -0.688. The number of nitrogens with two attached hydrogens (primary N) is 1. The quantitative estimate of drug-likeness (QED) is 0.859. The third kappa shape index (κ3) is 2.71. The Balaban J connectivity index is 2.28. The Kier molecular flexibility index (Phi) is 3.25. The van der Waals surface area contributed by atoms with Gasteiger partial charge in [0, 0.05) is 11.1 Å². The van der Waals surface area contributed by atoms with Crippen LogP contribution in [0.25, 0.3) is 0 Å². The fourth-order valence-electron chi connectivity index (χ4n) is 2.04. The molecule has 2 aromatic rings. The molecule has 1 unspecified atom stereocenters. The molecule has 0 heterocycles. The summed E-state index contributed by atoms with van der Waals surface area (Å²) in [6.07, 6.45) is 0.620. The minimum Gasteiger partial charge on any atom is -0.321 e. The Morgan fingerprint density at radius 2 is 1.59 bits per heavy atom. The highest BCUT2D eigenvalue weighted by molar-refractivity contribution is 5.28. The van der Waals surface area contributed by atoms with Crippen molar-refractivity contribution in [3.05, 3.63) is 71.5 Å². The van der Waals surface area contributed by atoms with Crippen molar-refractivity contribution in [2.24, 2.45) is 5.73 Å². The van der Waals surface area contributed by atoms with Crippen LogP contribution in [-0.4, -0.2) is 0 Å². The summed E-state index contributed by atoms with van der Waals surface area (Å²) in [5.41, 5.74) is 7.21. The van der Waals surface area contributed by atoms with Gasteiger partial charge in [-0.15, -0.1) is 0 Å². The Morgan fingerprint density at radius 3 is 2.24 bits per heavy atom. The van der Waals surface area contributed by atoms with Crippen LogP contribution in [0.3, 0.4) is 0 Å². The first kappa shape index (κ1) is 11.8. The average Bonchev–Trinajstić information content (AvgIpc) is 2.30. The highest BCUT2D eigenvalue weighted by Crippen LogP contribution is 2.24. The van der Waals surface area contributed by atoms with Gasteiger partial charge in [-0.3, -0.25) is 0 Å². The number of hydrogen-bond donors (Lipinski definition) is 1. The molecule has 88 valence electrons. The third-order valence-corrected chi connectivity index (χ3v) is 2.90. The topological polar surface area (TPSA) is 26.0 Å². The van der Waals surface area contributed by atoms with Crippen molar-refractivity contribution in [1.29, 1.82) is 0 Å². The molecule has 2 aromatic carbocycles. The van der Waals surface area contributed by atoms with Crippen LogP contribution in [0.1, 0.15) is 18.1 Å². The van der Waals surface area contributed by atoms with Crippen LogP contribution in [0.15, 0.2) is 54.6 Å². The van der Waals surface area contributed by atoms with Gasteiger partial charge in [-0.05, 0) is 25.0 Å². The normalized spacial score (nSPS) is 14.3. The third-order valence-electron chi connectivity index (χ3n) is 2.90. The van der Waals surface area contributed by atoms with Crippen LogP contribution in [0, 0.1) is 5.82 Å². The van der Waals surface area contributed by atoms with Crippen LogP contribution < -0.4 is 5.73 Å². The SMILES string of the molecule is CC(N)(Cc1ccccc1)c1ccccc1F. The standard InChI is InChI=1S/C15H16FN/c1-15(17,11-12-7-3-2-4-8-12)13-9-5-6-10-14(13)16/h2-10H,11,17H2,1H3. The van der Waals surface area contributed by atoms with Gasteiger partial charge < -0.3 is 5.73 Å². The van der Waals surface area contributed by atoms with E-state index in [9.17, 15) is 4.39 Å². The maximum atomic E-state index is 13.7. The lowest BCUT2D eigenvalue weighted by Gasteiger charge is -2.25. The van der Waals surface area contributed by atoms with Gasteiger partial charge in [0.05, 0.1) is 0 Å². The molecule has 2 N–H and O–H groups in total. The fraction of sp³-hybridized carbons (Fsp3) is 0.200. The largest absolute Gasteiger partial charge is 0.321 e. The Morgan fingerprint density at radius 1 is 1.00 bits per heavy atom. The van der Waals surface area contributed by atoms with Crippen molar-refractivity contribution >= 4 is 0 Å². The fourth-order valence-corrected chi connectivity index (χ4v) is 2.04. The van der Waals surface area contributed by atoms with Crippen molar-refractivity contribution in [3.8, 4) is 0 Å². The molecule has 0 saturated heterocycles. The van der Waals surface area contributed by atoms with Crippen LogP contribution >= 0.6 is 0 Å². The second-order valence-corrected chi connectivity index (χ2v) is 4.56. The van der Waals surface area contributed by atoms with E-state index in [1.54, 1.807) is 12.1 Å². The van der Waals surface area contributed by atoms with E-state index in [4.69, 9.17) is 5.73 Å². The van der Waals surface area contributed by atoms with Crippen molar-refractivity contribution in [1.82, 2.24) is 0 Å². The number of rotatable bonds is 3. The summed E-state index contributed by atoms with van der Waals surface area (Å²) >= 11 is 0. The lowest BCUT2D eigenvalue weighted by Crippen LogP contribution is -2.36. The molecule has 0 bridgehead atoms. The van der Waals surface area contributed by atoms with Crippen LogP contribution in [0.4, 0.5) is 4.39 Å². The first-order chi connectivity index (χ1) is 8.09.